The van der Waals surface area contributed by atoms with Crippen LogP contribution in [0.5, 0.6) is 5.75 Å². The van der Waals surface area contributed by atoms with E-state index >= 15 is 0 Å². The SMILES string of the molecule is C/C=C/CCCCC[C@H]1C=C2C(OCc3ccc(OC)cc3)[C@@H](C(=O)CCC23COC(C)(C)OC3)[C@@H]1C[C@H](O)CO. The fourth-order valence-electron chi connectivity index (χ4n) is 6.81. The molecular formula is C34H50O7. The van der Waals surface area contributed by atoms with Crippen molar-refractivity contribution in [3.05, 3.63) is 53.6 Å². The van der Waals surface area contributed by atoms with Gasteiger partial charge in [-0.25, -0.2) is 0 Å². The van der Waals surface area contributed by atoms with Gasteiger partial charge >= 0.3 is 0 Å². The van der Waals surface area contributed by atoms with Crippen molar-refractivity contribution in [1.29, 1.82) is 0 Å². The minimum absolute atomic E-state index is 0.104. The molecule has 1 aromatic carbocycles. The van der Waals surface area contributed by atoms with Gasteiger partial charge in [-0.2, -0.15) is 0 Å². The maximum Gasteiger partial charge on any atom is 0.162 e. The molecule has 2 aliphatic carbocycles. The number of hydrogen-bond donors (Lipinski definition) is 2. The van der Waals surface area contributed by atoms with E-state index in [4.69, 9.17) is 18.9 Å². The third kappa shape index (κ3) is 7.88. The molecule has 1 aromatic rings. The zero-order chi connectivity index (χ0) is 29.5. The summed E-state index contributed by atoms with van der Waals surface area (Å²) < 4.78 is 24.5. The average Bonchev–Trinajstić information content (AvgIpc) is 3.05. The number of rotatable bonds is 13. The van der Waals surface area contributed by atoms with E-state index in [1.165, 1.54) is 0 Å². The second-order valence-electron chi connectivity index (χ2n) is 12.6. The fourth-order valence-corrected chi connectivity index (χ4v) is 6.81. The highest BCUT2D eigenvalue weighted by Crippen LogP contribution is 2.53. The van der Waals surface area contributed by atoms with Crippen LogP contribution < -0.4 is 4.74 Å². The van der Waals surface area contributed by atoms with Crippen LogP contribution >= 0.6 is 0 Å². The van der Waals surface area contributed by atoms with Gasteiger partial charge in [-0.1, -0.05) is 43.2 Å². The van der Waals surface area contributed by atoms with Crippen LogP contribution in [0.4, 0.5) is 0 Å². The summed E-state index contributed by atoms with van der Waals surface area (Å²) in [6.45, 7) is 6.90. The lowest BCUT2D eigenvalue weighted by molar-refractivity contribution is -0.281. The Bertz CT molecular complexity index is 1030. The summed E-state index contributed by atoms with van der Waals surface area (Å²) in [6.07, 6.45) is 12.1. The molecule has 1 spiro atoms. The number of aliphatic hydroxyl groups is 2. The van der Waals surface area contributed by atoms with E-state index in [1.54, 1.807) is 7.11 Å². The van der Waals surface area contributed by atoms with Crippen LogP contribution in [0.1, 0.15) is 77.7 Å². The van der Waals surface area contributed by atoms with Crippen molar-refractivity contribution in [3.63, 3.8) is 0 Å². The highest BCUT2D eigenvalue weighted by atomic mass is 16.7. The Labute approximate surface area is 245 Å². The van der Waals surface area contributed by atoms with E-state index in [-0.39, 0.29) is 24.2 Å². The molecule has 7 heteroatoms. The summed E-state index contributed by atoms with van der Waals surface area (Å²) in [4.78, 5) is 14.0. The summed E-state index contributed by atoms with van der Waals surface area (Å²) >= 11 is 0. The van der Waals surface area contributed by atoms with Crippen molar-refractivity contribution in [2.45, 2.75) is 96.7 Å². The molecule has 5 atom stereocenters. The predicted octanol–water partition coefficient (Wildman–Crippen LogP) is 5.77. The molecule has 1 saturated carbocycles. The standard InChI is InChI=1S/C34H50O7/c1-5-6-7-8-9-10-11-25-18-29-32(39-21-24-12-14-27(38-4)15-13-24)31(28(25)19-26(36)20-35)30(37)16-17-34(29)22-40-33(2,3)41-23-34/h5-6,12-15,18,25-26,28,31-32,35-36H,7-11,16-17,19-23H2,1-4H3/b6-5+/t25-,26-,28+,31+,32?/m0/s1. The number of ketones is 1. The first-order valence-electron chi connectivity index (χ1n) is 15.4. The van der Waals surface area contributed by atoms with Crippen molar-refractivity contribution in [2.24, 2.45) is 23.2 Å². The summed E-state index contributed by atoms with van der Waals surface area (Å²) in [6, 6.07) is 7.79. The van der Waals surface area contributed by atoms with Gasteiger partial charge in [0.05, 0.1) is 51.7 Å². The molecule has 2 fully saturated rings. The van der Waals surface area contributed by atoms with Gasteiger partial charge in [0.25, 0.3) is 0 Å². The molecule has 0 amide bonds. The molecule has 228 valence electrons. The number of benzene rings is 1. The number of carbonyl (C=O) groups is 1. The molecule has 2 bridgehead atoms. The van der Waals surface area contributed by atoms with E-state index in [0.29, 0.717) is 39.1 Å². The van der Waals surface area contributed by atoms with Gasteiger partial charge < -0.3 is 29.2 Å². The van der Waals surface area contributed by atoms with E-state index in [0.717, 1.165) is 49.0 Å². The van der Waals surface area contributed by atoms with E-state index in [2.05, 4.69) is 18.2 Å². The molecule has 4 rings (SSSR count). The lowest BCUT2D eigenvalue weighted by Crippen LogP contribution is -2.52. The summed E-state index contributed by atoms with van der Waals surface area (Å²) in [5.41, 5.74) is 1.68. The summed E-state index contributed by atoms with van der Waals surface area (Å²) in [7, 11) is 1.64. The van der Waals surface area contributed by atoms with Gasteiger partial charge in [-0.3, -0.25) is 4.79 Å². The number of carbonyl (C=O) groups excluding carboxylic acids is 1. The molecule has 41 heavy (non-hydrogen) atoms. The van der Waals surface area contributed by atoms with Gasteiger partial charge in [0.2, 0.25) is 0 Å². The maximum atomic E-state index is 14.0. The van der Waals surface area contributed by atoms with Crippen molar-refractivity contribution in [2.75, 3.05) is 26.9 Å². The van der Waals surface area contributed by atoms with Crippen LogP contribution in [-0.2, 0) is 25.6 Å². The number of aliphatic hydroxyl groups excluding tert-OH is 2. The van der Waals surface area contributed by atoms with E-state index in [9.17, 15) is 15.0 Å². The first-order chi connectivity index (χ1) is 19.7. The molecule has 1 aliphatic heterocycles. The highest BCUT2D eigenvalue weighted by Gasteiger charge is 2.55. The Kier molecular flexibility index (Phi) is 11.2. The summed E-state index contributed by atoms with van der Waals surface area (Å²) in [5, 5.41) is 20.4. The summed E-state index contributed by atoms with van der Waals surface area (Å²) in [5.74, 6) is -0.116. The van der Waals surface area contributed by atoms with Gasteiger partial charge in [0, 0.05) is 11.8 Å². The lowest BCUT2D eigenvalue weighted by atomic mass is 9.63. The first kappa shape index (κ1) is 31.9. The Balaban J connectivity index is 1.68. The Morgan fingerprint density at radius 3 is 2.51 bits per heavy atom. The van der Waals surface area contributed by atoms with Crippen LogP contribution in [0.3, 0.4) is 0 Å². The number of unbranched alkanes of at least 4 members (excludes halogenated alkanes) is 3. The Hall–Kier alpha value is -2.03. The minimum Gasteiger partial charge on any atom is -0.497 e. The van der Waals surface area contributed by atoms with Crippen molar-refractivity contribution in [3.8, 4) is 5.75 Å². The minimum atomic E-state index is -0.874. The van der Waals surface area contributed by atoms with Crippen LogP contribution in [0, 0.1) is 23.2 Å². The normalized spacial score (nSPS) is 28.0. The largest absolute Gasteiger partial charge is 0.497 e. The van der Waals surface area contributed by atoms with Gasteiger partial charge in [-0.05, 0) is 88.0 Å². The smallest absolute Gasteiger partial charge is 0.162 e. The fraction of sp³-hybridized carbons (Fsp3) is 0.676. The molecule has 7 nitrogen and oxygen atoms in total. The predicted molar refractivity (Wildman–Crippen MR) is 158 cm³/mol. The van der Waals surface area contributed by atoms with E-state index < -0.39 is 29.3 Å². The monoisotopic (exact) mass is 570 g/mol. The number of fused-ring (bicyclic) bond motifs is 3. The van der Waals surface area contributed by atoms with Gasteiger partial charge in [-0.15, -0.1) is 0 Å². The van der Waals surface area contributed by atoms with Crippen LogP contribution in [0.15, 0.2) is 48.1 Å². The third-order valence-corrected chi connectivity index (χ3v) is 9.25. The quantitative estimate of drug-likeness (QED) is 0.230. The molecule has 1 heterocycles. The van der Waals surface area contributed by atoms with Crippen LogP contribution in [-0.4, -0.2) is 60.9 Å². The van der Waals surface area contributed by atoms with Crippen molar-refractivity contribution < 1.29 is 34.0 Å². The Morgan fingerprint density at radius 1 is 1.12 bits per heavy atom. The van der Waals surface area contributed by atoms with Crippen LogP contribution in [0.25, 0.3) is 0 Å². The van der Waals surface area contributed by atoms with E-state index in [1.807, 2.05) is 45.0 Å². The second-order valence-corrected chi connectivity index (χ2v) is 12.6. The lowest BCUT2D eigenvalue weighted by Gasteiger charge is -2.49. The topological polar surface area (TPSA) is 94.5 Å². The average molecular weight is 571 g/mol. The molecule has 0 aromatic heterocycles. The van der Waals surface area contributed by atoms with Crippen molar-refractivity contribution in [1.82, 2.24) is 0 Å². The van der Waals surface area contributed by atoms with Gasteiger partial charge in [0.1, 0.15) is 11.5 Å². The highest BCUT2D eigenvalue weighted by molar-refractivity contribution is 5.83. The Morgan fingerprint density at radius 2 is 1.85 bits per heavy atom. The number of Topliss-reactive ketones (excluding diaryl/α,β-unsaturated/α-hetero) is 1. The molecule has 1 saturated heterocycles. The molecule has 3 aliphatic rings. The second kappa shape index (κ2) is 14.4. The number of ether oxygens (including phenoxy) is 4. The van der Waals surface area contributed by atoms with Crippen molar-refractivity contribution >= 4 is 5.78 Å². The number of hydrogen-bond acceptors (Lipinski definition) is 7. The third-order valence-electron chi connectivity index (χ3n) is 9.25. The van der Waals surface area contributed by atoms with Gasteiger partial charge in [0.15, 0.2) is 5.79 Å². The molecular weight excluding hydrogens is 520 g/mol. The zero-order valence-electron chi connectivity index (χ0n) is 25.3. The molecule has 2 N–H and O–H groups in total. The number of methoxy groups -OCH3 is 1. The van der Waals surface area contributed by atoms with Crippen LogP contribution in [0.2, 0.25) is 0 Å². The maximum absolute atomic E-state index is 14.0. The zero-order valence-corrected chi connectivity index (χ0v) is 25.3. The first-order valence-corrected chi connectivity index (χ1v) is 15.4. The number of allylic oxidation sites excluding steroid dienone is 3. The molecule has 1 unspecified atom stereocenters. The molecule has 0 radical (unpaired) electrons.